The lowest BCUT2D eigenvalue weighted by Gasteiger charge is -2.07. The van der Waals surface area contributed by atoms with Gasteiger partial charge in [0.05, 0.1) is 18.1 Å². The molecule has 4 nitrogen and oxygen atoms in total. The Morgan fingerprint density at radius 3 is 2.33 bits per heavy atom. The number of aliphatic hydroxyl groups excluding tert-OH is 1. The Labute approximate surface area is 109 Å². The molecule has 0 aromatic heterocycles. The van der Waals surface area contributed by atoms with Gasteiger partial charge < -0.3 is 9.84 Å². The number of aryl methyl sites for hydroxylation is 1. The largest absolute Gasteiger partial charge is 0.494 e. The van der Waals surface area contributed by atoms with Gasteiger partial charge in [-0.25, -0.2) is 8.42 Å². The first-order valence-electron chi connectivity index (χ1n) is 6.04. The van der Waals surface area contributed by atoms with Crippen LogP contribution in [0.3, 0.4) is 0 Å². The van der Waals surface area contributed by atoms with E-state index in [0.717, 1.165) is 11.3 Å². The van der Waals surface area contributed by atoms with E-state index >= 15 is 0 Å². The maximum Gasteiger partial charge on any atom is 0.150 e. The third-order valence-corrected chi connectivity index (χ3v) is 4.32. The first-order chi connectivity index (χ1) is 8.53. The van der Waals surface area contributed by atoms with E-state index in [1.807, 2.05) is 31.2 Å². The zero-order valence-electron chi connectivity index (χ0n) is 10.6. The van der Waals surface area contributed by atoms with E-state index in [1.165, 1.54) is 0 Å². The number of ether oxygens (including phenoxy) is 1. The molecular formula is C13H20O4S. The molecule has 0 heterocycles. The predicted octanol–water partition coefficient (Wildman–Crippen LogP) is 1.56. The lowest BCUT2D eigenvalue weighted by molar-refractivity contribution is 0.295. The summed E-state index contributed by atoms with van der Waals surface area (Å²) in [4.78, 5) is 0. The van der Waals surface area contributed by atoms with E-state index < -0.39 is 9.84 Å². The molecule has 0 bridgehead atoms. The Morgan fingerprint density at radius 2 is 1.72 bits per heavy atom. The van der Waals surface area contributed by atoms with Crippen LogP contribution in [0.1, 0.15) is 18.4 Å². The van der Waals surface area contributed by atoms with E-state index in [4.69, 9.17) is 9.84 Å². The van der Waals surface area contributed by atoms with E-state index in [9.17, 15) is 8.42 Å². The maximum absolute atomic E-state index is 11.5. The van der Waals surface area contributed by atoms with Crippen molar-refractivity contribution in [1.82, 2.24) is 0 Å². The second kappa shape index (κ2) is 7.38. The van der Waals surface area contributed by atoms with Crippen molar-refractivity contribution in [2.24, 2.45) is 0 Å². The molecule has 0 aliphatic heterocycles. The number of aliphatic hydroxyl groups is 1. The minimum Gasteiger partial charge on any atom is -0.494 e. The fraction of sp³-hybridized carbons (Fsp3) is 0.538. The molecular weight excluding hydrogens is 252 g/mol. The Bertz CT molecular complexity index is 437. The second-order valence-electron chi connectivity index (χ2n) is 4.24. The minimum atomic E-state index is -3.04. The molecule has 1 N–H and O–H groups in total. The molecule has 0 aliphatic rings. The topological polar surface area (TPSA) is 63.6 Å². The van der Waals surface area contributed by atoms with E-state index in [0.29, 0.717) is 19.4 Å². The molecule has 0 amide bonds. The molecule has 0 atom stereocenters. The third-order valence-electron chi connectivity index (χ3n) is 2.50. The lowest BCUT2D eigenvalue weighted by atomic mass is 10.2. The summed E-state index contributed by atoms with van der Waals surface area (Å²) in [6.45, 7) is 2.30. The van der Waals surface area contributed by atoms with Crippen molar-refractivity contribution in [3.8, 4) is 5.75 Å². The van der Waals surface area contributed by atoms with Crippen molar-refractivity contribution in [3.05, 3.63) is 29.8 Å². The van der Waals surface area contributed by atoms with Crippen molar-refractivity contribution < 1.29 is 18.3 Å². The summed E-state index contributed by atoms with van der Waals surface area (Å²) in [6.07, 6.45) is 0.781. The molecule has 1 aromatic carbocycles. The average molecular weight is 272 g/mol. The smallest absolute Gasteiger partial charge is 0.150 e. The molecule has 1 aromatic rings. The monoisotopic (exact) mass is 272 g/mol. The van der Waals surface area contributed by atoms with Gasteiger partial charge in [-0.2, -0.15) is 0 Å². The van der Waals surface area contributed by atoms with Crippen LogP contribution in [0.15, 0.2) is 24.3 Å². The van der Waals surface area contributed by atoms with Gasteiger partial charge in [0.2, 0.25) is 0 Å². The van der Waals surface area contributed by atoms with Gasteiger partial charge in [0.15, 0.2) is 9.84 Å². The van der Waals surface area contributed by atoms with Gasteiger partial charge in [0.25, 0.3) is 0 Å². The molecule has 0 spiro atoms. The highest BCUT2D eigenvalue weighted by Crippen LogP contribution is 2.11. The summed E-state index contributed by atoms with van der Waals surface area (Å²) in [5.74, 6) is 0.917. The fourth-order valence-corrected chi connectivity index (χ4v) is 2.82. The number of rotatable bonds is 8. The van der Waals surface area contributed by atoms with Crippen LogP contribution in [0.2, 0.25) is 0 Å². The van der Waals surface area contributed by atoms with Crippen LogP contribution in [-0.4, -0.2) is 38.2 Å². The van der Waals surface area contributed by atoms with Gasteiger partial charge in [-0.15, -0.1) is 0 Å². The summed E-state index contributed by atoms with van der Waals surface area (Å²) in [7, 11) is -3.04. The zero-order valence-corrected chi connectivity index (χ0v) is 11.4. The van der Waals surface area contributed by atoms with Crippen molar-refractivity contribution in [2.75, 3.05) is 24.7 Å². The quantitative estimate of drug-likeness (QED) is 0.729. The van der Waals surface area contributed by atoms with E-state index in [-0.39, 0.29) is 18.1 Å². The summed E-state index contributed by atoms with van der Waals surface area (Å²) < 4.78 is 28.4. The van der Waals surface area contributed by atoms with Gasteiger partial charge in [-0.3, -0.25) is 0 Å². The molecule has 102 valence electrons. The fourth-order valence-electron chi connectivity index (χ4n) is 1.49. The van der Waals surface area contributed by atoms with Crippen LogP contribution in [-0.2, 0) is 9.84 Å². The third kappa shape index (κ3) is 6.02. The highest BCUT2D eigenvalue weighted by atomic mass is 32.2. The summed E-state index contributed by atoms with van der Waals surface area (Å²) in [6, 6.07) is 7.64. The summed E-state index contributed by atoms with van der Waals surface area (Å²) >= 11 is 0. The Morgan fingerprint density at radius 1 is 1.11 bits per heavy atom. The van der Waals surface area contributed by atoms with Gasteiger partial charge in [0.1, 0.15) is 5.75 Å². The van der Waals surface area contributed by atoms with Crippen LogP contribution < -0.4 is 4.74 Å². The molecule has 0 saturated carbocycles. The van der Waals surface area contributed by atoms with Crippen LogP contribution in [0.5, 0.6) is 5.75 Å². The molecule has 1 rings (SSSR count). The molecule has 0 unspecified atom stereocenters. The van der Waals surface area contributed by atoms with Gasteiger partial charge in [0, 0.05) is 6.61 Å². The number of hydrogen-bond acceptors (Lipinski definition) is 4. The normalized spacial score (nSPS) is 11.4. The van der Waals surface area contributed by atoms with Crippen molar-refractivity contribution in [1.29, 1.82) is 0 Å². The predicted molar refractivity (Wildman–Crippen MR) is 71.6 cm³/mol. The van der Waals surface area contributed by atoms with Crippen molar-refractivity contribution in [2.45, 2.75) is 19.8 Å². The van der Waals surface area contributed by atoms with Crippen LogP contribution >= 0.6 is 0 Å². The maximum atomic E-state index is 11.5. The highest BCUT2D eigenvalue weighted by molar-refractivity contribution is 7.91. The number of hydrogen-bond donors (Lipinski definition) is 1. The summed E-state index contributed by atoms with van der Waals surface area (Å²) in [5.41, 5.74) is 1.16. The first-order valence-corrected chi connectivity index (χ1v) is 7.86. The van der Waals surface area contributed by atoms with E-state index in [1.54, 1.807) is 0 Å². The Hall–Kier alpha value is -1.07. The van der Waals surface area contributed by atoms with Crippen molar-refractivity contribution >= 4 is 9.84 Å². The standard InChI is InChI=1S/C13H20O4S/c1-12-4-6-13(7-5-12)17-9-3-11-18(15,16)10-2-8-14/h4-7,14H,2-3,8-11H2,1H3. The average Bonchev–Trinajstić information content (AvgIpc) is 2.34. The minimum absolute atomic E-state index is 0.0496. The van der Waals surface area contributed by atoms with Gasteiger partial charge in [-0.1, -0.05) is 17.7 Å². The van der Waals surface area contributed by atoms with Gasteiger partial charge >= 0.3 is 0 Å². The molecule has 0 radical (unpaired) electrons. The molecule has 18 heavy (non-hydrogen) atoms. The van der Waals surface area contributed by atoms with Crippen LogP contribution in [0, 0.1) is 6.92 Å². The van der Waals surface area contributed by atoms with Crippen molar-refractivity contribution in [3.63, 3.8) is 0 Å². The molecule has 0 saturated heterocycles. The number of benzene rings is 1. The first kappa shape index (κ1) is 15.0. The zero-order chi connectivity index (χ0) is 13.4. The Kier molecular flexibility index (Phi) is 6.15. The van der Waals surface area contributed by atoms with E-state index in [2.05, 4.69) is 0 Å². The number of sulfone groups is 1. The molecule has 0 fully saturated rings. The molecule has 5 heteroatoms. The second-order valence-corrected chi connectivity index (χ2v) is 6.55. The SMILES string of the molecule is Cc1ccc(OCCCS(=O)(=O)CCCO)cc1. The van der Waals surface area contributed by atoms with Gasteiger partial charge in [-0.05, 0) is 31.9 Å². The highest BCUT2D eigenvalue weighted by Gasteiger charge is 2.09. The molecule has 0 aliphatic carbocycles. The summed E-state index contributed by atoms with van der Waals surface area (Å²) in [5, 5.41) is 8.58. The van der Waals surface area contributed by atoms with Crippen LogP contribution in [0.4, 0.5) is 0 Å². The lowest BCUT2D eigenvalue weighted by Crippen LogP contribution is -2.14. The van der Waals surface area contributed by atoms with Crippen LogP contribution in [0.25, 0.3) is 0 Å². The Balaban J connectivity index is 2.24.